The Kier molecular flexibility index (Phi) is 8.23. The maximum atomic E-state index is 13.2. The molecule has 0 aliphatic heterocycles. The van der Waals surface area contributed by atoms with Crippen molar-refractivity contribution in [2.75, 3.05) is 23.7 Å². The number of aryl methyl sites for hydroxylation is 3. The largest absolute Gasteiger partial charge is 0.322 e. The van der Waals surface area contributed by atoms with Crippen LogP contribution in [0.2, 0.25) is 0 Å². The van der Waals surface area contributed by atoms with Gasteiger partial charge in [0, 0.05) is 23.7 Å². The maximum absolute atomic E-state index is 13.2. The zero-order valence-electron chi connectivity index (χ0n) is 22.8. The topological polar surface area (TPSA) is 79.3 Å². The Labute approximate surface area is 214 Å². The average Bonchev–Trinajstić information content (AvgIpc) is 3.19. The fraction of sp³-hybridized carbons (Fsp3) is 0.414. The molecular weight excluding hydrogens is 450 g/mol. The Morgan fingerprint density at radius 1 is 0.972 bits per heavy atom. The van der Waals surface area contributed by atoms with Gasteiger partial charge in [-0.05, 0) is 49.9 Å². The van der Waals surface area contributed by atoms with E-state index in [1.807, 2.05) is 83.1 Å². The highest BCUT2D eigenvalue weighted by atomic mass is 16.2. The van der Waals surface area contributed by atoms with E-state index >= 15 is 0 Å². The number of anilines is 2. The maximum Gasteiger partial charge on any atom is 0.322 e. The van der Waals surface area contributed by atoms with Crippen molar-refractivity contribution in [2.45, 2.75) is 60.8 Å². The standard InChI is InChI=1S/C29H39N5O2/c1-19(2)17-33(28(36)30-23-14-13-20(3)15-22(23)5)18-27(35)31-26-16-25(29(6,7)8)32-34(26)24-12-10-9-11-21(24)4/h9-16,19H,17-18H2,1-8H3,(H,30,36)(H,31,35). The van der Waals surface area contributed by atoms with Gasteiger partial charge < -0.3 is 15.5 Å². The van der Waals surface area contributed by atoms with Crippen LogP contribution in [-0.2, 0) is 10.2 Å². The Balaban J connectivity index is 1.84. The second kappa shape index (κ2) is 11.0. The van der Waals surface area contributed by atoms with E-state index in [2.05, 4.69) is 31.4 Å². The van der Waals surface area contributed by atoms with Crippen LogP contribution in [0.25, 0.3) is 5.69 Å². The first-order valence-electron chi connectivity index (χ1n) is 12.4. The van der Waals surface area contributed by atoms with Crippen LogP contribution < -0.4 is 10.6 Å². The number of carbonyl (C=O) groups is 2. The summed E-state index contributed by atoms with van der Waals surface area (Å²) in [6, 6.07) is 15.4. The summed E-state index contributed by atoms with van der Waals surface area (Å²) in [5, 5.41) is 10.8. The van der Waals surface area contributed by atoms with Gasteiger partial charge in [0.2, 0.25) is 5.91 Å². The molecule has 2 aromatic carbocycles. The van der Waals surface area contributed by atoms with Crippen molar-refractivity contribution >= 4 is 23.4 Å². The lowest BCUT2D eigenvalue weighted by Crippen LogP contribution is -2.42. The Hall–Kier alpha value is -3.61. The Morgan fingerprint density at radius 2 is 1.67 bits per heavy atom. The summed E-state index contributed by atoms with van der Waals surface area (Å²) in [6.45, 7) is 16.7. The summed E-state index contributed by atoms with van der Waals surface area (Å²) in [4.78, 5) is 27.9. The van der Waals surface area contributed by atoms with Crippen LogP contribution in [0, 0.1) is 26.7 Å². The zero-order chi connectivity index (χ0) is 26.6. The molecular formula is C29H39N5O2. The third-order valence-electron chi connectivity index (χ3n) is 5.92. The summed E-state index contributed by atoms with van der Waals surface area (Å²) in [5.41, 5.74) is 5.47. The number of nitrogens with zero attached hydrogens (tertiary/aromatic N) is 3. The van der Waals surface area contributed by atoms with E-state index < -0.39 is 0 Å². The predicted molar refractivity (Wildman–Crippen MR) is 147 cm³/mol. The van der Waals surface area contributed by atoms with E-state index in [4.69, 9.17) is 5.10 Å². The quantitative estimate of drug-likeness (QED) is 0.413. The highest BCUT2D eigenvalue weighted by molar-refractivity contribution is 5.97. The zero-order valence-corrected chi connectivity index (χ0v) is 22.8. The van der Waals surface area contributed by atoms with Gasteiger partial charge in [0.15, 0.2) is 0 Å². The fourth-order valence-corrected chi connectivity index (χ4v) is 3.99. The molecule has 0 unspecified atom stereocenters. The number of hydrogen-bond donors (Lipinski definition) is 2. The van der Waals surface area contributed by atoms with E-state index in [1.54, 1.807) is 9.58 Å². The number of nitrogens with one attached hydrogen (secondary N) is 2. The monoisotopic (exact) mass is 489 g/mol. The van der Waals surface area contributed by atoms with Gasteiger partial charge in [-0.1, -0.05) is 70.5 Å². The molecule has 0 aliphatic rings. The van der Waals surface area contributed by atoms with Gasteiger partial charge in [-0.15, -0.1) is 0 Å². The van der Waals surface area contributed by atoms with Crippen molar-refractivity contribution in [3.8, 4) is 5.69 Å². The highest BCUT2D eigenvalue weighted by Gasteiger charge is 2.24. The number of para-hydroxylation sites is 1. The van der Waals surface area contributed by atoms with E-state index in [0.717, 1.165) is 33.8 Å². The van der Waals surface area contributed by atoms with Crippen molar-refractivity contribution in [3.63, 3.8) is 0 Å². The third kappa shape index (κ3) is 6.74. The van der Waals surface area contributed by atoms with Crippen molar-refractivity contribution < 1.29 is 9.59 Å². The highest BCUT2D eigenvalue weighted by Crippen LogP contribution is 2.27. The molecule has 3 aromatic rings. The van der Waals surface area contributed by atoms with Gasteiger partial charge in [0.1, 0.15) is 12.4 Å². The molecule has 0 atom stereocenters. The molecule has 7 nitrogen and oxygen atoms in total. The minimum Gasteiger partial charge on any atom is -0.315 e. The lowest BCUT2D eigenvalue weighted by molar-refractivity contribution is -0.116. The normalized spacial score (nSPS) is 11.5. The van der Waals surface area contributed by atoms with Crippen LogP contribution in [0.3, 0.4) is 0 Å². The molecule has 0 saturated carbocycles. The summed E-state index contributed by atoms with van der Waals surface area (Å²) >= 11 is 0. The minimum absolute atomic E-state index is 0.0707. The molecule has 0 saturated heterocycles. The van der Waals surface area contributed by atoms with Gasteiger partial charge in [-0.2, -0.15) is 5.10 Å². The number of hydrogen-bond acceptors (Lipinski definition) is 3. The van der Waals surface area contributed by atoms with Gasteiger partial charge in [-0.3, -0.25) is 4.79 Å². The molecule has 0 spiro atoms. The van der Waals surface area contributed by atoms with Crippen LogP contribution in [0.15, 0.2) is 48.5 Å². The van der Waals surface area contributed by atoms with Gasteiger partial charge in [0.05, 0.1) is 11.4 Å². The van der Waals surface area contributed by atoms with E-state index in [0.29, 0.717) is 12.4 Å². The van der Waals surface area contributed by atoms with Crippen molar-refractivity contribution in [3.05, 3.63) is 70.9 Å². The smallest absolute Gasteiger partial charge is 0.315 e. The van der Waals surface area contributed by atoms with Crippen molar-refractivity contribution in [1.82, 2.24) is 14.7 Å². The van der Waals surface area contributed by atoms with Crippen LogP contribution >= 0.6 is 0 Å². The van der Waals surface area contributed by atoms with Crippen LogP contribution in [0.1, 0.15) is 57.0 Å². The molecule has 192 valence electrons. The van der Waals surface area contributed by atoms with E-state index in [-0.39, 0.29) is 29.8 Å². The summed E-state index contributed by atoms with van der Waals surface area (Å²) in [7, 11) is 0. The lowest BCUT2D eigenvalue weighted by atomic mass is 9.92. The van der Waals surface area contributed by atoms with Crippen LogP contribution in [0.4, 0.5) is 16.3 Å². The SMILES string of the molecule is Cc1ccc(NC(=O)N(CC(=O)Nc2cc(C(C)(C)C)nn2-c2ccccc2C)CC(C)C)c(C)c1. The molecule has 1 aromatic heterocycles. The number of urea groups is 1. The molecule has 2 N–H and O–H groups in total. The summed E-state index contributed by atoms with van der Waals surface area (Å²) < 4.78 is 1.77. The van der Waals surface area contributed by atoms with Crippen LogP contribution in [0.5, 0.6) is 0 Å². The first-order valence-corrected chi connectivity index (χ1v) is 12.4. The van der Waals surface area contributed by atoms with Gasteiger partial charge in [0.25, 0.3) is 0 Å². The van der Waals surface area contributed by atoms with E-state index in [1.165, 1.54) is 0 Å². The molecule has 1 heterocycles. The second-order valence-corrected chi connectivity index (χ2v) is 10.9. The number of aromatic nitrogens is 2. The van der Waals surface area contributed by atoms with E-state index in [9.17, 15) is 9.59 Å². The molecule has 0 aliphatic carbocycles. The first-order chi connectivity index (χ1) is 16.8. The minimum atomic E-state index is -0.298. The van der Waals surface area contributed by atoms with Crippen LogP contribution in [-0.4, -0.2) is 39.7 Å². The molecule has 7 heteroatoms. The van der Waals surface area contributed by atoms with Gasteiger partial charge in [-0.25, -0.2) is 9.48 Å². The molecule has 0 fully saturated rings. The summed E-state index contributed by atoms with van der Waals surface area (Å²) in [5.74, 6) is 0.507. The fourth-order valence-electron chi connectivity index (χ4n) is 3.99. The third-order valence-corrected chi connectivity index (χ3v) is 5.92. The number of rotatable bonds is 7. The van der Waals surface area contributed by atoms with Crippen molar-refractivity contribution in [1.29, 1.82) is 0 Å². The molecule has 3 rings (SSSR count). The Morgan fingerprint density at radius 3 is 2.28 bits per heavy atom. The predicted octanol–water partition coefficient (Wildman–Crippen LogP) is 6.22. The van der Waals surface area contributed by atoms with Gasteiger partial charge >= 0.3 is 6.03 Å². The number of carbonyl (C=O) groups excluding carboxylic acids is 2. The molecule has 3 amide bonds. The molecule has 36 heavy (non-hydrogen) atoms. The Bertz CT molecular complexity index is 1240. The summed E-state index contributed by atoms with van der Waals surface area (Å²) in [6.07, 6.45) is 0. The lowest BCUT2D eigenvalue weighted by Gasteiger charge is -2.25. The molecule has 0 radical (unpaired) electrons. The number of benzene rings is 2. The molecule has 0 bridgehead atoms. The number of amides is 3. The average molecular weight is 490 g/mol. The first kappa shape index (κ1) is 27.0. The second-order valence-electron chi connectivity index (χ2n) is 10.9. The van der Waals surface area contributed by atoms with Crippen molar-refractivity contribution in [2.24, 2.45) is 5.92 Å².